The monoisotopic (exact) mass is 338 g/mol. The average Bonchev–Trinajstić information content (AvgIpc) is 2.54. The molecule has 7 heteroatoms. The number of ether oxygens (including phenoxy) is 2. The lowest BCUT2D eigenvalue weighted by Crippen LogP contribution is -2.40. The number of rotatable bonds is 8. The van der Waals surface area contributed by atoms with Gasteiger partial charge in [0.1, 0.15) is 0 Å². The number of carbonyl (C=O) groups is 2. The first-order valence-corrected chi connectivity index (χ1v) is 7.84. The zero-order valence-electron chi connectivity index (χ0n) is 14.6. The fourth-order valence-corrected chi connectivity index (χ4v) is 2.00. The predicted octanol–water partition coefficient (Wildman–Crippen LogP) is 1.56. The Hall–Kier alpha value is -2.28. The van der Waals surface area contributed by atoms with Crippen LogP contribution in [0, 0.1) is 5.41 Å². The summed E-state index contributed by atoms with van der Waals surface area (Å²) in [6.45, 7) is 6.48. The summed E-state index contributed by atoms with van der Waals surface area (Å²) in [6, 6.07) is 4.89. The van der Waals surface area contributed by atoms with Gasteiger partial charge < -0.3 is 25.2 Å². The highest BCUT2D eigenvalue weighted by atomic mass is 16.5. The number of hydrogen-bond acceptors (Lipinski definition) is 5. The largest absolute Gasteiger partial charge is 0.493 e. The molecule has 134 valence electrons. The van der Waals surface area contributed by atoms with Gasteiger partial charge in [0.15, 0.2) is 11.5 Å². The van der Waals surface area contributed by atoms with Crippen molar-refractivity contribution in [2.75, 3.05) is 32.2 Å². The van der Waals surface area contributed by atoms with E-state index in [1.807, 2.05) is 20.8 Å². The molecule has 0 bridgehead atoms. The Labute approximate surface area is 142 Å². The molecule has 0 aromatic heterocycles. The Kier molecular flexibility index (Phi) is 7.51. The van der Waals surface area contributed by atoms with Gasteiger partial charge in [-0.25, -0.2) is 0 Å². The molecule has 0 aliphatic heterocycles. The zero-order chi connectivity index (χ0) is 18.2. The highest BCUT2D eigenvalue weighted by molar-refractivity contribution is 6.39. The molecule has 1 aromatic carbocycles. The molecule has 0 unspecified atom stereocenters. The van der Waals surface area contributed by atoms with Gasteiger partial charge in [-0.15, -0.1) is 0 Å². The molecule has 7 nitrogen and oxygen atoms in total. The quantitative estimate of drug-likeness (QED) is 0.625. The van der Waals surface area contributed by atoms with Gasteiger partial charge in [0.2, 0.25) is 0 Å². The lowest BCUT2D eigenvalue weighted by molar-refractivity contribution is -0.136. The minimum atomic E-state index is -0.763. The van der Waals surface area contributed by atoms with Gasteiger partial charge in [-0.1, -0.05) is 13.8 Å². The molecule has 0 aliphatic rings. The number of carbonyl (C=O) groups excluding carboxylic acids is 2. The summed E-state index contributed by atoms with van der Waals surface area (Å²) >= 11 is 0. The second-order valence-corrected chi connectivity index (χ2v) is 6.07. The number of anilines is 1. The topological polar surface area (TPSA) is 96.9 Å². The van der Waals surface area contributed by atoms with Crippen molar-refractivity contribution in [2.45, 2.75) is 27.2 Å². The number of nitrogens with one attached hydrogen (secondary N) is 2. The van der Waals surface area contributed by atoms with E-state index >= 15 is 0 Å². The summed E-state index contributed by atoms with van der Waals surface area (Å²) in [5.41, 5.74) is 0.151. The molecule has 0 heterocycles. The molecular formula is C17H26N2O5. The number of aliphatic hydroxyl groups excluding tert-OH is 1. The molecule has 3 N–H and O–H groups in total. The van der Waals surface area contributed by atoms with E-state index in [-0.39, 0.29) is 12.0 Å². The first-order valence-electron chi connectivity index (χ1n) is 7.84. The molecule has 0 fully saturated rings. The van der Waals surface area contributed by atoms with Gasteiger partial charge in [0.25, 0.3) is 0 Å². The van der Waals surface area contributed by atoms with Crippen LogP contribution in [0.3, 0.4) is 0 Å². The van der Waals surface area contributed by atoms with Gasteiger partial charge >= 0.3 is 11.8 Å². The molecule has 2 amide bonds. The first kappa shape index (κ1) is 19.8. The van der Waals surface area contributed by atoms with Crippen LogP contribution in [0.1, 0.15) is 27.2 Å². The van der Waals surface area contributed by atoms with Gasteiger partial charge in [-0.2, -0.15) is 0 Å². The van der Waals surface area contributed by atoms with Gasteiger partial charge in [0.05, 0.1) is 13.7 Å². The van der Waals surface area contributed by atoms with E-state index in [1.165, 1.54) is 7.11 Å². The first-order chi connectivity index (χ1) is 11.3. The van der Waals surface area contributed by atoms with E-state index in [1.54, 1.807) is 18.2 Å². The number of benzene rings is 1. The molecule has 1 rings (SSSR count). The number of amides is 2. The summed E-state index contributed by atoms with van der Waals surface area (Å²) < 4.78 is 10.6. The van der Waals surface area contributed by atoms with Crippen molar-refractivity contribution < 1.29 is 24.2 Å². The van der Waals surface area contributed by atoms with Crippen LogP contribution in [0.15, 0.2) is 18.2 Å². The average molecular weight is 338 g/mol. The fourth-order valence-electron chi connectivity index (χ4n) is 2.00. The Bertz CT molecular complexity index is 572. The number of aliphatic hydroxyl groups is 1. The van der Waals surface area contributed by atoms with Gasteiger partial charge in [-0.05, 0) is 30.9 Å². The molecule has 24 heavy (non-hydrogen) atoms. The Balaban J connectivity index is 2.65. The summed E-state index contributed by atoms with van der Waals surface area (Å²) in [5, 5.41) is 14.1. The van der Waals surface area contributed by atoms with Crippen LogP contribution in [-0.4, -0.2) is 43.8 Å². The third-order valence-electron chi connectivity index (χ3n) is 3.44. The molecule has 1 aromatic rings. The van der Waals surface area contributed by atoms with Crippen LogP contribution in [0.2, 0.25) is 0 Å². The second-order valence-electron chi connectivity index (χ2n) is 6.07. The minimum absolute atomic E-state index is 0.0288. The number of methoxy groups -OCH3 is 1. The Morgan fingerprint density at radius 3 is 2.50 bits per heavy atom. The molecule has 0 radical (unpaired) electrons. The predicted molar refractivity (Wildman–Crippen MR) is 91.3 cm³/mol. The van der Waals surface area contributed by atoms with E-state index < -0.39 is 11.8 Å². The normalized spacial score (nSPS) is 10.9. The van der Waals surface area contributed by atoms with Crippen molar-refractivity contribution in [2.24, 2.45) is 5.41 Å². The zero-order valence-corrected chi connectivity index (χ0v) is 14.6. The lowest BCUT2D eigenvalue weighted by Gasteiger charge is -2.23. The molecular weight excluding hydrogens is 312 g/mol. The van der Waals surface area contributed by atoms with E-state index in [4.69, 9.17) is 14.6 Å². The lowest BCUT2D eigenvalue weighted by atomic mass is 9.90. The van der Waals surface area contributed by atoms with Crippen molar-refractivity contribution in [3.8, 4) is 11.5 Å². The molecule has 0 saturated heterocycles. The highest BCUT2D eigenvalue weighted by Gasteiger charge is 2.21. The van der Waals surface area contributed by atoms with Gasteiger partial charge in [-0.3, -0.25) is 9.59 Å². The SMILES string of the molecule is CCOc1ccc(NC(=O)C(=O)NCC(C)(C)CCO)cc1OC. The van der Waals surface area contributed by atoms with Crippen LogP contribution in [-0.2, 0) is 9.59 Å². The summed E-state index contributed by atoms with van der Waals surface area (Å²) in [5.74, 6) is -0.456. The molecule has 0 atom stereocenters. The third-order valence-corrected chi connectivity index (χ3v) is 3.44. The highest BCUT2D eigenvalue weighted by Crippen LogP contribution is 2.30. The van der Waals surface area contributed by atoms with Crippen LogP contribution >= 0.6 is 0 Å². The van der Waals surface area contributed by atoms with E-state index in [9.17, 15) is 9.59 Å². The molecule has 0 saturated carbocycles. The van der Waals surface area contributed by atoms with E-state index in [0.717, 1.165) is 0 Å². The summed E-state index contributed by atoms with van der Waals surface area (Å²) in [4.78, 5) is 23.8. The fraction of sp³-hybridized carbons (Fsp3) is 0.529. The summed E-state index contributed by atoms with van der Waals surface area (Å²) in [7, 11) is 1.50. The third kappa shape index (κ3) is 6.08. The standard InChI is InChI=1S/C17H26N2O5/c1-5-24-13-7-6-12(10-14(13)23-4)19-16(22)15(21)18-11-17(2,3)8-9-20/h6-7,10,20H,5,8-9,11H2,1-4H3,(H,18,21)(H,19,22). The van der Waals surface area contributed by atoms with E-state index in [2.05, 4.69) is 10.6 Å². The van der Waals surface area contributed by atoms with Crippen molar-refractivity contribution in [1.82, 2.24) is 5.32 Å². The van der Waals surface area contributed by atoms with Crippen molar-refractivity contribution in [3.05, 3.63) is 18.2 Å². The van der Waals surface area contributed by atoms with Crippen LogP contribution in [0.5, 0.6) is 11.5 Å². The Morgan fingerprint density at radius 2 is 1.92 bits per heavy atom. The van der Waals surface area contributed by atoms with E-state index in [0.29, 0.717) is 36.8 Å². The van der Waals surface area contributed by atoms with Crippen molar-refractivity contribution in [3.63, 3.8) is 0 Å². The molecule has 0 spiro atoms. The maximum absolute atomic E-state index is 12.0. The Morgan fingerprint density at radius 1 is 1.21 bits per heavy atom. The van der Waals surface area contributed by atoms with Crippen LogP contribution < -0.4 is 20.1 Å². The maximum Gasteiger partial charge on any atom is 0.313 e. The molecule has 0 aliphatic carbocycles. The van der Waals surface area contributed by atoms with Crippen LogP contribution in [0.25, 0.3) is 0 Å². The summed E-state index contributed by atoms with van der Waals surface area (Å²) in [6.07, 6.45) is 0.533. The van der Waals surface area contributed by atoms with Gasteiger partial charge in [0, 0.05) is 24.9 Å². The minimum Gasteiger partial charge on any atom is -0.493 e. The van der Waals surface area contributed by atoms with Crippen molar-refractivity contribution >= 4 is 17.5 Å². The number of hydrogen-bond donors (Lipinski definition) is 3. The van der Waals surface area contributed by atoms with Crippen LogP contribution in [0.4, 0.5) is 5.69 Å². The maximum atomic E-state index is 12.0. The second kappa shape index (κ2) is 9.12. The smallest absolute Gasteiger partial charge is 0.313 e. The van der Waals surface area contributed by atoms with Crippen molar-refractivity contribution in [1.29, 1.82) is 0 Å².